The van der Waals surface area contributed by atoms with Crippen LogP contribution in [0.25, 0.3) is 0 Å². The summed E-state index contributed by atoms with van der Waals surface area (Å²) in [6.45, 7) is 4.91. The van der Waals surface area contributed by atoms with E-state index in [1.54, 1.807) is 6.92 Å². The summed E-state index contributed by atoms with van der Waals surface area (Å²) in [6.07, 6.45) is 1.12. The Hall–Kier alpha value is -1.74. The fourth-order valence-electron chi connectivity index (χ4n) is 2.61. The van der Waals surface area contributed by atoms with E-state index < -0.39 is 46.2 Å². The van der Waals surface area contributed by atoms with Crippen LogP contribution in [0.4, 0.5) is 17.6 Å². The Kier molecular flexibility index (Phi) is 7.99. The molecule has 160 valence electrons. The highest BCUT2D eigenvalue weighted by Gasteiger charge is 2.27. The predicted octanol–water partition coefficient (Wildman–Crippen LogP) is 5.26. The standard InChI is InChI=1S/C19H22ClF4N3OS/c1-5-11-12(20)17(27(4)26-11)19(28)25-8-10-13(21)15(23)18(16(24)14(10)22)29-7-6-9(2)3/h9H,5-8H2,1-4H3,(H,25,28). The van der Waals surface area contributed by atoms with Crippen LogP contribution in [0.1, 0.15) is 48.9 Å². The molecule has 0 unspecified atom stereocenters. The summed E-state index contributed by atoms with van der Waals surface area (Å²) in [7, 11) is 1.49. The van der Waals surface area contributed by atoms with Crippen molar-refractivity contribution >= 4 is 29.3 Å². The van der Waals surface area contributed by atoms with Crippen molar-refractivity contribution in [3.63, 3.8) is 0 Å². The number of aromatic nitrogens is 2. The van der Waals surface area contributed by atoms with Crippen LogP contribution >= 0.6 is 23.4 Å². The molecule has 10 heteroatoms. The van der Waals surface area contributed by atoms with Gasteiger partial charge in [0.15, 0.2) is 23.3 Å². The number of carbonyl (C=O) groups excluding carboxylic acids is 1. The number of nitrogens with one attached hydrogen (secondary N) is 1. The van der Waals surface area contributed by atoms with Gasteiger partial charge in [-0.15, -0.1) is 11.8 Å². The third kappa shape index (κ3) is 5.06. The monoisotopic (exact) mass is 451 g/mol. The molecule has 29 heavy (non-hydrogen) atoms. The zero-order chi connectivity index (χ0) is 21.9. The van der Waals surface area contributed by atoms with Crippen molar-refractivity contribution in [2.75, 3.05) is 5.75 Å². The molecule has 1 N–H and O–H groups in total. The zero-order valence-electron chi connectivity index (χ0n) is 16.5. The van der Waals surface area contributed by atoms with Crippen molar-refractivity contribution < 1.29 is 22.4 Å². The number of carbonyl (C=O) groups is 1. The summed E-state index contributed by atoms with van der Waals surface area (Å²) < 4.78 is 58.6. The van der Waals surface area contributed by atoms with E-state index in [0.717, 1.165) is 11.8 Å². The number of thioether (sulfide) groups is 1. The number of halogens is 5. The van der Waals surface area contributed by atoms with Crippen LogP contribution in [0.15, 0.2) is 4.90 Å². The minimum Gasteiger partial charge on any atom is -0.346 e. The fourth-order valence-corrected chi connectivity index (χ4v) is 4.22. The Balaban J connectivity index is 2.23. The lowest BCUT2D eigenvalue weighted by Gasteiger charge is -2.13. The number of aryl methyl sites for hydroxylation is 2. The normalized spacial score (nSPS) is 11.4. The highest BCUT2D eigenvalue weighted by Crippen LogP contribution is 2.32. The third-order valence-corrected chi connectivity index (χ3v) is 5.77. The van der Waals surface area contributed by atoms with Crippen LogP contribution in [0.2, 0.25) is 5.02 Å². The lowest BCUT2D eigenvalue weighted by Crippen LogP contribution is -2.27. The van der Waals surface area contributed by atoms with E-state index in [2.05, 4.69) is 10.4 Å². The minimum atomic E-state index is -1.53. The van der Waals surface area contributed by atoms with Gasteiger partial charge in [-0.2, -0.15) is 5.10 Å². The van der Waals surface area contributed by atoms with Crippen LogP contribution < -0.4 is 5.32 Å². The van der Waals surface area contributed by atoms with E-state index in [1.807, 2.05) is 13.8 Å². The molecular weight excluding hydrogens is 430 g/mol. The molecule has 2 rings (SSSR count). The molecule has 0 radical (unpaired) electrons. The summed E-state index contributed by atoms with van der Waals surface area (Å²) in [6, 6.07) is 0. The first-order valence-corrected chi connectivity index (χ1v) is 10.4. The highest BCUT2D eigenvalue weighted by atomic mass is 35.5. The molecule has 0 spiro atoms. The molecule has 4 nitrogen and oxygen atoms in total. The van der Waals surface area contributed by atoms with Gasteiger partial charge in [-0.1, -0.05) is 32.4 Å². The maximum Gasteiger partial charge on any atom is 0.271 e. The third-order valence-electron chi connectivity index (χ3n) is 4.29. The van der Waals surface area contributed by atoms with E-state index in [9.17, 15) is 22.4 Å². The average molecular weight is 452 g/mol. The minimum absolute atomic E-state index is 0.00821. The topological polar surface area (TPSA) is 46.9 Å². The largest absolute Gasteiger partial charge is 0.346 e. The average Bonchev–Trinajstić information content (AvgIpc) is 2.96. The van der Waals surface area contributed by atoms with Gasteiger partial charge in [0.1, 0.15) is 5.69 Å². The Morgan fingerprint density at radius 3 is 2.24 bits per heavy atom. The zero-order valence-corrected chi connectivity index (χ0v) is 18.1. The lowest BCUT2D eigenvalue weighted by atomic mass is 10.1. The number of amides is 1. The number of nitrogens with zero attached hydrogens (tertiary/aromatic N) is 2. The first-order chi connectivity index (χ1) is 13.6. The molecule has 0 bridgehead atoms. The van der Waals surface area contributed by atoms with Gasteiger partial charge in [0.05, 0.1) is 15.6 Å². The first kappa shape index (κ1) is 23.5. The predicted molar refractivity (Wildman–Crippen MR) is 105 cm³/mol. The summed E-state index contributed by atoms with van der Waals surface area (Å²) in [5, 5.41) is 6.43. The second kappa shape index (κ2) is 9.84. The SMILES string of the molecule is CCc1nn(C)c(C(=O)NCc2c(F)c(F)c(SCCC(C)C)c(F)c2F)c1Cl. The molecule has 1 aromatic heterocycles. The van der Waals surface area contributed by atoms with E-state index in [0.29, 0.717) is 24.3 Å². The van der Waals surface area contributed by atoms with Gasteiger partial charge < -0.3 is 5.32 Å². The van der Waals surface area contributed by atoms with Gasteiger partial charge in [-0.25, -0.2) is 17.6 Å². The van der Waals surface area contributed by atoms with Gasteiger partial charge >= 0.3 is 0 Å². The Labute approximate surface area is 176 Å². The summed E-state index contributed by atoms with van der Waals surface area (Å²) in [5.74, 6) is -6.14. The van der Waals surface area contributed by atoms with E-state index in [-0.39, 0.29) is 16.6 Å². The van der Waals surface area contributed by atoms with Gasteiger partial charge in [0.25, 0.3) is 5.91 Å². The van der Waals surface area contributed by atoms with Crippen LogP contribution in [0.5, 0.6) is 0 Å². The van der Waals surface area contributed by atoms with Crippen molar-refractivity contribution in [3.8, 4) is 0 Å². The molecule has 0 fully saturated rings. The molecule has 2 aromatic rings. The second-order valence-electron chi connectivity index (χ2n) is 6.86. The van der Waals surface area contributed by atoms with E-state index >= 15 is 0 Å². The number of hydrogen-bond donors (Lipinski definition) is 1. The molecule has 0 aliphatic carbocycles. The molecule has 0 saturated heterocycles. The number of rotatable bonds is 8. The maximum absolute atomic E-state index is 14.4. The molecule has 0 aliphatic heterocycles. The van der Waals surface area contributed by atoms with Gasteiger partial charge in [-0.05, 0) is 24.5 Å². The number of hydrogen-bond acceptors (Lipinski definition) is 3. The molecular formula is C19H22ClF4N3OS. The van der Waals surface area contributed by atoms with Gasteiger partial charge in [0, 0.05) is 19.2 Å². The van der Waals surface area contributed by atoms with Crippen molar-refractivity contribution in [2.24, 2.45) is 13.0 Å². The molecule has 1 heterocycles. The van der Waals surface area contributed by atoms with Crippen LogP contribution in [-0.2, 0) is 20.0 Å². The van der Waals surface area contributed by atoms with Gasteiger partial charge in [0.2, 0.25) is 0 Å². The van der Waals surface area contributed by atoms with Crippen LogP contribution in [-0.4, -0.2) is 21.4 Å². The van der Waals surface area contributed by atoms with Crippen LogP contribution in [0, 0.1) is 29.2 Å². The Bertz CT molecular complexity index is 889. The summed E-state index contributed by atoms with van der Waals surface area (Å²) in [5.41, 5.74) is -0.418. The van der Waals surface area contributed by atoms with Crippen molar-refractivity contribution in [3.05, 3.63) is 45.2 Å². The van der Waals surface area contributed by atoms with E-state index in [1.165, 1.54) is 11.7 Å². The van der Waals surface area contributed by atoms with Crippen molar-refractivity contribution in [2.45, 2.75) is 45.1 Å². The smallest absolute Gasteiger partial charge is 0.271 e. The quantitative estimate of drug-likeness (QED) is 0.338. The highest BCUT2D eigenvalue weighted by molar-refractivity contribution is 7.99. The summed E-state index contributed by atoms with van der Waals surface area (Å²) in [4.78, 5) is 11.7. The first-order valence-electron chi connectivity index (χ1n) is 9.07. The molecule has 0 aliphatic rings. The van der Waals surface area contributed by atoms with Crippen molar-refractivity contribution in [1.82, 2.24) is 15.1 Å². The summed E-state index contributed by atoms with van der Waals surface area (Å²) >= 11 is 6.82. The van der Waals surface area contributed by atoms with Gasteiger partial charge in [-0.3, -0.25) is 9.48 Å². The lowest BCUT2D eigenvalue weighted by molar-refractivity contribution is 0.0940. The Morgan fingerprint density at radius 2 is 1.76 bits per heavy atom. The maximum atomic E-state index is 14.4. The Morgan fingerprint density at radius 1 is 1.17 bits per heavy atom. The molecule has 0 saturated carbocycles. The second-order valence-corrected chi connectivity index (χ2v) is 8.35. The number of benzene rings is 1. The van der Waals surface area contributed by atoms with Crippen molar-refractivity contribution in [1.29, 1.82) is 0 Å². The molecule has 1 amide bonds. The fraction of sp³-hybridized carbons (Fsp3) is 0.474. The van der Waals surface area contributed by atoms with Crippen LogP contribution in [0.3, 0.4) is 0 Å². The van der Waals surface area contributed by atoms with E-state index in [4.69, 9.17) is 11.6 Å². The molecule has 1 aromatic carbocycles. The molecule has 0 atom stereocenters.